The Bertz CT molecular complexity index is 228. The molecule has 1 amide bonds. The van der Waals surface area contributed by atoms with E-state index in [0.717, 1.165) is 32.1 Å². The Hall–Kier alpha value is -0.570. The zero-order chi connectivity index (χ0) is 10.8. The Kier molecular flexibility index (Phi) is 3.29. The SMILES string of the molecule is CC(C)C(=O)N1CCN(CC2CC2)CC1. The summed E-state index contributed by atoms with van der Waals surface area (Å²) in [4.78, 5) is 16.3. The van der Waals surface area contributed by atoms with E-state index in [-0.39, 0.29) is 5.92 Å². The van der Waals surface area contributed by atoms with Gasteiger partial charge in [0, 0.05) is 38.6 Å². The van der Waals surface area contributed by atoms with Gasteiger partial charge < -0.3 is 4.90 Å². The summed E-state index contributed by atoms with van der Waals surface area (Å²) in [5, 5.41) is 0. The molecule has 2 fully saturated rings. The molecule has 0 radical (unpaired) electrons. The molecule has 0 bridgehead atoms. The maximum absolute atomic E-state index is 11.7. The molecule has 0 atom stereocenters. The Morgan fingerprint density at radius 2 is 1.80 bits per heavy atom. The number of hydrogen-bond donors (Lipinski definition) is 0. The van der Waals surface area contributed by atoms with Crippen molar-refractivity contribution in [2.45, 2.75) is 26.7 Å². The summed E-state index contributed by atoms with van der Waals surface area (Å²) in [5.41, 5.74) is 0. The number of carbonyl (C=O) groups is 1. The predicted molar refractivity (Wildman–Crippen MR) is 60.6 cm³/mol. The number of amides is 1. The minimum atomic E-state index is 0.153. The van der Waals surface area contributed by atoms with Crippen molar-refractivity contribution < 1.29 is 4.79 Å². The normalized spacial score (nSPS) is 23.5. The van der Waals surface area contributed by atoms with Crippen LogP contribution in [0.15, 0.2) is 0 Å². The highest BCUT2D eigenvalue weighted by atomic mass is 16.2. The minimum Gasteiger partial charge on any atom is -0.340 e. The predicted octanol–water partition coefficient (Wildman–Crippen LogP) is 1.20. The molecular weight excluding hydrogens is 188 g/mol. The molecule has 0 aromatic carbocycles. The van der Waals surface area contributed by atoms with Gasteiger partial charge in [-0.15, -0.1) is 0 Å². The van der Waals surface area contributed by atoms with Gasteiger partial charge in [-0.25, -0.2) is 0 Å². The van der Waals surface area contributed by atoms with E-state index in [0.29, 0.717) is 5.91 Å². The Labute approximate surface area is 92.4 Å². The molecule has 1 saturated heterocycles. The molecule has 1 saturated carbocycles. The van der Waals surface area contributed by atoms with Crippen LogP contribution in [-0.2, 0) is 4.79 Å². The lowest BCUT2D eigenvalue weighted by Crippen LogP contribution is -2.50. The van der Waals surface area contributed by atoms with Crippen LogP contribution in [0.25, 0.3) is 0 Å². The van der Waals surface area contributed by atoms with Gasteiger partial charge in [0.1, 0.15) is 0 Å². The van der Waals surface area contributed by atoms with Gasteiger partial charge >= 0.3 is 0 Å². The van der Waals surface area contributed by atoms with Crippen LogP contribution in [0.4, 0.5) is 0 Å². The minimum absolute atomic E-state index is 0.153. The number of carbonyl (C=O) groups excluding carboxylic acids is 1. The largest absolute Gasteiger partial charge is 0.340 e. The summed E-state index contributed by atoms with van der Waals surface area (Å²) >= 11 is 0. The molecule has 0 N–H and O–H groups in total. The number of piperazine rings is 1. The van der Waals surface area contributed by atoms with Crippen molar-refractivity contribution in [2.75, 3.05) is 32.7 Å². The summed E-state index contributed by atoms with van der Waals surface area (Å²) in [5.74, 6) is 1.44. The monoisotopic (exact) mass is 210 g/mol. The van der Waals surface area contributed by atoms with Crippen LogP contribution in [0.1, 0.15) is 26.7 Å². The van der Waals surface area contributed by atoms with E-state index in [4.69, 9.17) is 0 Å². The van der Waals surface area contributed by atoms with Crippen molar-refractivity contribution in [2.24, 2.45) is 11.8 Å². The maximum Gasteiger partial charge on any atom is 0.225 e. The smallest absolute Gasteiger partial charge is 0.225 e. The second kappa shape index (κ2) is 4.52. The first-order chi connectivity index (χ1) is 7.16. The van der Waals surface area contributed by atoms with E-state index in [2.05, 4.69) is 4.90 Å². The summed E-state index contributed by atoms with van der Waals surface area (Å²) in [6.07, 6.45) is 2.84. The number of rotatable bonds is 3. The van der Waals surface area contributed by atoms with Gasteiger partial charge in [0.15, 0.2) is 0 Å². The molecule has 0 aromatic heterocycles. The first kappa shape index (κ1) is 10.9. The zero-order valence-corrected chi connectivity index (χ0v) is 9.91. The third-order valence-electron chi connectivity index (χ3n) is 3.39. The summed E-state index contributed by atoms with van der Waals surface area (Å²) in [6.45, 7) is 9.26. The Morgan fingerprint density at radius 1 is 1.20 bits per heavy atom. The standard InChI is InChI=1S/C12H22N2O/c1-10(2)12(15)14-7-5-13(6-8-14)9-11-3-4-11/h10-11H,3-9H2,1-2H3. The molecule has 3 heteroatoms. The average Bonchev–Trinajstić information content (AvgIpc) is 3.02. The van der Waals surface area contributed by atoms with Crippen molar-refractivity contribution >= 4 is 5.91 Å². The highest BCUT2D eigenvalue weighted by molar-refractivity contribution is 5.78. The van der Waals surface area contributed by atoms with Crippen molar-refractivity contribution in [3.05, 3.63) is 0 Å². The molecule has 0 spiro atoms. The van der Waals surface area contributed by atoms with Crippen LogP contribution in [0.2, 0.25) is 0 Å². The van der Waals surface area contributed by atoms with E-state index in [1.54, 1.807) is 0 Å². The van der Waals surface area contributed by atoms with Gasteiger partial charge in [0.05, 0.1) is 0 Å². The van der Waals surface area contributed by atoms with Crippen molar-refractivity contribution in [1.29, 1.82) is 0 Å². The van der Waals surface area contributed by atoms with Crippen LogP contribution in [-0.4, -0.2) is 48.4 Å². The van der Waals surface area contributed by atoms with Crippen LogP contribution in [0.5, 0.6) is 0 Å². The van der Waals surface area contributed by atoms with Crippen molar-refractivity contribution in [3.63, 3.8) is 0 Å². The molecule has 1 aliphatic heterocycles. The van der Waals surface area contributed by atoms with Gasteiger partial charge in [-0.3, -0.25) is 9.69 Å². The average molecular weight is 210 g/mol. The van der Waals surface area contributed by atoms with Crippen molar-refractivity contribution in [3.8, 4) is 0 Å². The molecule has 1 heterocycles. The van der Waals surface area contributed by atoms with Crippen molar-refractivity contribution in [1.82, 2.24) is 9.80 Å². The first-order valence-corrected chi connectivity index (χ1v) is 6.18. The number of hydrogen-bond acceptors (Lipinski definition) is 2. The topological polar surface area (TPSA) is 23.6 Å². The van der Waals surface area contributed by atoms with Gasteiger partial charge in [0.25, 0.3) is 0 Å². The van der Waals surface area contributed by atoms with E-state index in [9.17, 15) is 4.79 Å². The molecule has 1 aliphatic carbocycles. The van der Waals surface area contributed by atoms with Gasteiger partial charge in [-0.05, 0) is 18.8 Å². The molecule has 86 valence electrons. The third-order valence-corrected chi connectivity index (χ3v) is 3.39. The van der Waals surface area contributed by atoms with Crippen LogP contribution >= 0.6 is 0 Å². The first-order valence-electron chi connectivity index (χ1n) is 6.18. The van der Waals surface area contributed by atoms with Gasteiger partial charge in [0.2, 0.25) is 5.91 Å². The zero-order valence-electron chi connectivity index (χ0n) is 9.91. The van der Waals surface area contributed by atoms with Gasteiger partial charge in [-0.1, -0.05) is 13.8 Å². The maximum atomic E-state index is 11.7. The van der Waals surface area contributed by atoms with E-state index >= 15 is 0 Å². The summed E-state index contributed by atoms with van der Waals surface area (Å²) in [6, 6.07) is 0. The number of nitrogens with zero attached hydrogens (tertiary/aromatic N) is 2. The second-order valence-electron chi connectivity index (χ2n) is 5.22. The molecule has 0 aromatic rings. The fourth-order valence-corrected chi connectivity index (χ4v) is 2.18. The van der Waals surface area contributed by atoms with Gasteiger partial charge in [-0.2, -0.15) is 0 Å². The summed E-state index contributed by atoms with van der Waals surface area (Å²) in [7, 11) is 0. The molecule has 15 heavy (non-hydrogen) atoms. The Balaban J connectivity index is 1.73. The van der Waals surface area contributed by atoms with Crippen LogP contribution in [0, 0.1) is 11.8 Å². The fraction of sp³-hybridized carbons (Fsp3) is 0.917. The molecule has 3 nitrogen and oxygen atoms in total. The Morgan fingerprint density at radius 3 is 2.27 bits per heavy atom. The van der Waals surface area contributed by atoms with E-state index in [1.807, 2.05) is 18.7 Å². The van der Waals surface area contributed by atoms with E-state index in [1.165, 1.54) is 19.4 Å². The lowest BCUT2D eigenvalue weighted by molar-refractivity contribution is -0.136. The fourth-order valence-electron chi connectivity index (χ4n) is 2.18. The molecule has 2 rings (SSSR count). The quantitative estimate of drug-likeness (QED) is 0.699. The highest BCUT2D eigenvalue weighted by Gasteiger charge is 2.27. The van der Waals surface area contributed by atoms with Crippen LogP contribution in [0.3, 0.4) is 0 Å². The second-order valence-corrected chi connectivity index (χ2v) is 5.22. The summed E-state index contributed by atoms with van der Waals surface area (Å²) < 4.78 is 0. The third kappa shape index (κ3) is 2.94. The lowest BCUT2D eigenvalue weighted by atomic mass is 10.1. The molecule has 2 aliphatic rings. The highest BCUT2D eigenvalue weighted by Crippen LogP contribution is 2.29. The van der Waals surface area contributed by atoms with Crippen LogP contribution < -0.4 is 0 Å². The lowest BCUT2D eigenvalue weighted by Gasteiger charge is -2.35. The van der Waals surface area contributed by atoms with E-state index < -0.39 is 0 Å². The molecular formula is C12H22N2O. The molecule has 0 unspecified atom stereocenters.